The van der Waals surface area contributed by atoms with Gasteiger partial charge in [-0.05, 0) is 29.8 Å². The molecular weight excluding hydrogens is 346 g/mol. The maximum absolute atomic E-state index is 12.2. The van der Waals surface area contributed by atoms with Gasteiger partial charge in [0.15, 0.2) is 0 Å². The fraction of sp³-hybridized carbons (Fsp3) is 0.188. The van der Waals surface area contributed by atoms with E-state index in [-0.39, 0.29) is 6.61 Å². The van der Waals surface area contributed by atoms with E-state index in [4.69, 9.17) is 4.74 Å². The molecule has 22 heavy (non-hydrogen) atoms. The van der Waals surface area contributed by atoms with Crippen molar-refractivity contribution < 1.29 is 9.53 Å². The molecule has 0 aromatic heterocycles. The van der Waals surface area contributed by atoms with Gasteiger partial charge in [-0.15, -0.1) is 5.11 Å². The largest absolute Gasteiger partial charge is 0.457 e. The van der Waals surface area contributed by atoms with E-state index in [1.54, 1.807) is 43.4 Å². The Hall–Kier alpha value is -2.21. The molecule has 0 N–H and O–H groups in total. The summed E-state index contributed by atoms with van der Waals surface area (Å²) in [6.45, 7) is 0.214. The van der Waals surface area contributed by atoms with Gasteiger partial charge in [-0.1, -0.05) is 45.4 Å². The van der Waals surface area contributed by atoms with Gasteiger partial charge in [-0.3, -0.25) is 5.01 Å². The molecule has 0 atom stereocenters. The van der Waals surface area contributed by atoms with Crippen LogP contribution in [0.4, 0.5) is 5.69 Å². The van der Waals surface area contributed by atoms with Crippen LogP contribution in [0.3, 0.4) is 0 Å². The Morgan fingerprint density at radius 2 is 1.82 bits per heavy atom. The Kier molecular flexibility index (Phi) is 5.66. The van der Waals surface area contributed by atoms with Crippen LogP contribution >= 0.6 is 15.9 Å². The van der Waals surface area contributed by atoms with Crippen molar-refractivity contribution in [3.8, 4) is 0 Å². The van der Waals surface area contributed by atoms with Gasteiger partial charge in [0.05, 0.1) is 5.56 Å². The van der Waals surface area contributed by atoms with Crippen molar-refractivity contribution in [2.75, 3.05) is 14.1 Å². The second kappa shape index (κ2) is 7.70. The van der Waals surface area contributed by atoms with E-state index >= 15 is 0 Å². The Labute approximate surface area is 137 Å². The maximum atomic E-state index is 12.2. The second-order valence-corrected chi connectivity index (χ2v) is 5.67. The molecule has 114 valence electrons. The molecule has 0 aliphatic rings. The lowest BCUT2D eigenvalue weighted by Crippen LogP contribution is -2.06. The van der Waals surface area contributed by atoms with Crippen molar-refractivity contribution in [3.05, 3.63) is 64.1 Å². The van der Waals surface area contributed by atoms with Crippen molar-refractivity contribution in [1.82, 2.24) is 5.01 Å². The summed E-state index contributed by atoms with van der Waals surface area (Å²) in [6.07, 6.45) is 0. The van der Waals surface area contributed by atoms with Crippen LogP contribution in [0, 0.1) is 0 Å². The zero-order chi connectivity index (χ0) is 15.9. The molecule has 2 aromatic rings. The van der Waals surface area contributed by atoms with Crippen LogP contribution in [-0.4, -0.2) is 25.1 Å². The zero-order valence-electron chi connectivity index (χ0n) is 12.4. The molecule has 0 unspecified atom stereocenters. The quantitative estimate of drug-likeness (QED) is 0.451. The van der Waals surface area contributed by atoms with Crippen LogP contribution in [-0.2, 0) is 11.3 Å². The molecule has 6 heteroatoms. The van der Waals surface area contributed by atoms with Gasteiger partial charge in [0.25, 0.3) is 0 Å². The summed E-state index contributed by atoms with van der Waals surface area (Å²) < 4.78 is 6.32. The van der Waals surface area contributed by atoms with Gasteiger partial charge >= 0.3 is 5.97 Å². The van der Waals surface area contributed by atoms with E-state index in [2.05, 4.69) is 26.3 Å². The SMILES string of the molecule is CN(C)N=Nc1ccccc1C(=O)OCc1ccc(Br)cc1. The molecule has 0 radical (unpaired) electrons. The molecule has 0 fully saturated rings. The van der Waals surface area contributed by atoms with E-state index in [1.807, 2.05) is 24.3 Å². The van der Waals surface area contributed by atoms with Crippen molar-refractivity contribution in [1.29, 1.82) is 0 Å². The van der Waals surface area contributed by atoms with Crippen LogP contribution in [0.1, 0.15) is 15.9 Å². The molecular formula is C16H16BrN3O2. The first-order valence-corrected chi connectivity index (χ1v) is 7.45. The molecule has 0 bridgehead atoms. The number of benzene rings is 2. The van der Waals surface area contributed by atoms with E-state index in [0.29, 0.717) is 11.3 Å². The average Bonchev–Trinajstić information content (AvgIpc) is 2.52. The molecule has 0 saturated heterocycles. The zero-order valence-corrected chi connectivity index (χ0v) is 13.9. The number of hydrogen-bond acceptors (Lipinski definition) is 4. The molecule has 5 nitrogen and oxygen atoms in total. The third kappa shape index (κ3) is 4.66. The third-order valence-corrected chi connectivity index (χ3v) is 3.27. The first kappa shape index (κ1) is 16.2. The Morgan fingerprint density at radius 1 is 1.14 bits per heavy atom. The van der Waals surface area contributed by atoms with E-state index < -0.39 is 5.97 Å². The molecule has 2 aromatic carbocycles. The number of halogens is 1. The van der Waals surface area contributed by atoms with Crippen molar-refractivity contribution in [3.63, 3.8) is 0 Å². The van der Waals surface area contributed by atoms with Gasteiger partial charge in [-0.2, -0.15) is 0 Å². The van der Waals surface area contributed by atoms with Crippen LogP contribution < -0.4 is 0 Å². The van der Waals surface area contributed by atoms with Gasteiger partial charge < -0.3 is 4.74 Å². The van der Waals surface area contributed by atoms with Crippen LogP contribution in [0.15, 0.2) is 63.3 Å². The predicted molar refractivity (Wildman–Crippen MR) is 87.9 cm³/mol. The van der Waals surface area contributed by atoms with Gasteiger partial charge in [0.2, 0.25) is 0 Å². The molecule has 0 aliphatic carbocycles. The molecule has 0 heterocycles. The average molecular weight is 362 g/mol. The smallest absolute Gasteiger partial charge is 0.340 e. The lowest BCUT2D eigenvalue weighted by molar-refractivity contribution is 0.0473. The Balaban J connectivity index is 2.07. The number of rotatable bonds is 5. The maximum Gasteiger partial charge on any atom is 0.340 e. The van der Waals surface area contributed by atoms with Gasteiger partial charge in [0, 0.05) is 18.6 Å². The number of hydrogen-bond donors (Lipinski definition) is 0. The predicted octanol–water partition coefficient (Wildman–Crippen LogP) is 4.37. The highest BCUT2D eigenvalue weighted by Crippen LogP contribution is 2.21. The standard InChI is InChI=1S/C16H16BrN3O2/c1-20(2)19-18-15-6-4-3-5-14(15)16(21)22-11-12-7-9-13(17)10-8-12/h3-10H,11H2,1-2H3. The van der Waals surface area contributed by atoms with E-state index in [9.17, 15) is 4.79 Å². The number of esters is 1. The summed E-state index contributed by atoms with van der Waals surface area (Å²) in [7, 11) is 3.52. The number of carbonyl (C=O) groups excluding carboxylic acids is 1. The summed E-state index contributed by atoms with van der Waals surface area (Å²) in [4.78, 5) is 12.2. The first-order valence-electron chi connectivity index (χ1n) is 6.66. The Morgan fingerprint density at radius 3 is 2.50 bits per heavy atom. The minimum absolute atomic E-state index is 0.214. The van der Waals surface area contributed by atoms with Crippen LogP contribution in [0.2, 0.25) is 0 Å². The van der Waals surface area contributed by atoms with Crippen molar-refractivity contribution in [2.45, 2.75) is 6.61 Å². The first-order chi connectivity index (χ1) is 10.6. The van der Waals surface area contributed by atoms with Crippen LogP contribution in [0.25, 0.3) is 0 Å². The fourth-order valence-electron chi connectivity index (χ4n) is 1.68. The Bertz CT molecular complexity index is 669. The second-order valence-electron chi connectivity index (χ2n) is 4.76. The number of nitrogens with zero attached hydrogens (tertiary/aromatic N) is 3. The van der Waals surface area contributed by atoms with Crippen LogP contribution in [0.5, 0.6) is 0 Å². The highest BCUT2D eigenvalue weighted by molar-refractivity contribution is 9.10. The van der Waals surface area contributed by atoms with Crippen molar-refractivity contribution in [2.24, 2.45) is 10.3 Å². The number of carbonyl (C=O) groups is 1. The highest BCUT2D eigenvalue weighted by atomic mass is 79.9. The van der Waals surface area contributed by atoms with E-state index in [0.717, 1.165) is 10.0 Å². The lowest BCUT2D eigenvalue weighted by atomic mass is 10.2. The monoisotopic (exact) mass is 361 g/mol. The summed E-state index contributed by atoms with van der Waals surface area (Å²) in [6, 6.07) is 14.6. The summed E-state index contributed by atoms with van der Waals surface area (Å²) >= 11 is 3.37. The van der Waals surface area contributed by atoms with Gasteiger partial charge in [-0.25, -0.2) is 4.79 Å². The summed E-state index contributed by atoms with van der Waals surface area (Å²) in [5.74, 6) is -0.420. The van der Waals surface area contributed by atoms with Gasteiger partial charge in [0.1, 0.15) is 12.3 Å². The molecule has 0 aliphatic heterocycles. The fourth-order valence-corrected chi connectivity index (χ4v) is 1.94. The lowest BCUT2D eigenvalue weighted by Gasteiger charge is -2.07. The third-order valence-electron chi connectivity index (χ3n) is 2.74. The van der Waals surface area contributed by atoms with Crippen molar-refractivity contribution >= 4 is 27.6 Å². The number of ether oxygens (including phenoxy) is 1. The highest BCUT2D eigenvalue weighted by Gasteiger charge is 2.12. The van der Waals surface area contributed by atoms with E-state index in [1.165, 1.54) is 0 Å². The molecule has 0 spiro atoms. The minimum atomic E-state index is -0.420. The molecule has 2 rings (SSSR count). The summed E-state index contributed by atoms with van der Waals surface area (Å²) in [5.41, 5.74) is 1.80. The normalized spacial score (nSPS) is 10.7. The topological polar surface area (TPSA) is 54.3 Å². The molecule has 0 amide bonds. The molecule has 0 saturated carbocycles. The minimum Gasteiger partial charge on any atom is -0.457 e. The summed E-state index contributed by atoms with van der Waals surface area (Å²) in [5, 5.41) is 9.51.